The topological polar surface area (TPSA) is 103 Å². The number of Topliss-reactive ketones (excluding diaryl/α,β-unsaturated/α-hetero) is 1. The first-order chi connectivity index (χ1) is 17.9. The molecule has 0 amide bonds. The van der Waals surface area contributed by atoms with Gasteiger partial charge in [-0.05, 0) is 59.2 Å². The second-order valence-electron chi connectivity index (χ2n) is 8.50. The largest absolute Gasteiger partial charge is 0.867 e. The SMILES string of the molecule is O=C(CCc1ccc(F)cc1)c1nc2n(c(=O)c1[O-])CC(c1ccccc1)=C2.[NH3+]Cc1ccc(F)cc1. The van der Waals surface area contributed by atoms with Crippen LogP contribution < -0.4 is 16.4 Å². The molecule has 8 heteroatoms. The number of carbonyl (C=O) groups excluding carboxylic acids is 1. The van der Waals surface area contributed by atoms with Crippen LogP contribution in [-0.2, 0) is 19.5 Å². The zero-order valence-corrected chi connectivity index (χ0v) is 20.0. The Balaban J connectivity index is 0.000000301. The number of hydrogen-bond acceptors (Lipinski definition) is 4. The molecule has 37 heavy (non-hydrogen) atoms. The van der Waals surface area contributed by atoms with Gasteiger partial charge in [0.2, 0.25) is 5.56 Å². The summed E-state index contributed by atoms with van der Waals surface area (Å²) in [4.78, 5) is 29.1. The number of benzene rings is 3. The Labute approximate surface area is 212 Å². The van der Waals surface area contributed by atoms with E-state index in [0.717, 1.165) is 28.8 Å². The van der Waals surface area contributed by atoms with Gasteiger partial charge in [-0.2, -0.15) is 0 Å². The van der Waals surface area contributed by atoms with Gasteiger partial charge in [-0.3, -0.25) is 14.2 Å². The molecule has 1 aromatic heterocycles. The fraction of sp³-hybridized carbons (Fsp3) is 0.138. The van der Waals surface area contributed by atoms with E-state index in [1.165, 1.54) is 28.8 Å². The average Bonchev–Trinajstić information content (AvgIpc) is 3.36. The van der Waals surface area contributed by atoms with Crippen LogP contribution in [0, 0.1) is 11.6 Å². The van der Waals surface area contributed by atoms with E-state index in [0.29, 0.717) is 12.2 Å². The highest BCUT2D eigenvalue weighted by Crippen LogP contribution is 2.26. The van der Waals surface area contributed by atoms with Crippen LogP contribution in [0.3, 0.4) is 0 Å². The zero-order chi connectivity index (χ0) is 26.4. The van der Waals surface area contributed by atoms with Gasteiger partial charge in [0, 0.05) is 12.0 Å². The molecule has 0 spiro atoms. The van der Waals surface area contributed by atoms with Crippen LogP contribution in [0.2, 0.25) is 0 Å². The number of quaternary nitrogens is 1. The van der Waals surface area contributed by atoms with Gasteiger partial charge in [0.1, 0.15) is 23.2 Å². The van der Waals surface area contributed by atoms with Gasteiger partial charge in [0.25, 0.3) is 0 Å². The summed E-state index contributed by atoms with van der Waals surface area (Å²) in [7, 11) is 0. The number of allylic oxidation sites excluding steroid dienone is 1. The standard InChI is InChI=1S/C22H17FN2O3.C7H8FN/c23-17-9-6-14(7-10-17)8-11-18(26)20-21(27)22(28)25-13-16(12-19(25)24-20)15-4-2-1-3-5-15;8-7-3-1-6(5-9)2-4-7/h1-7,9-10,12,27H,8,11,13H2;1-4H,5,9H2. The smallest absolute Gasteiger partial charge is 0.246 e. The molecule has 0 atom stereocenters. The first-order valence-corrected chi connectivity index (χ1v) is 11.7. The fourth-order valence-corrected chi connectivity index (χ4v) is 3.88. The molecule has 3 N–H and O–H groups in total. The molecule has 5 rings (SSSR count). The minimum atomic E-state index is -0.879. The second kappa shape index (κ2) is 11.5. The normalized spacial score (nSPS) is 11.8. The van der Waals surface area contributed by atoms with Crippen LogP contribution in [0.25, 0.3) is 11.6 Å². The van der Waals surface area contributed by atoms with E-state index in [9.17, 15) is 23.5 Å². The molecule has 0 fully saturated rings. The van der Waals surface area contributed by atoms with E-state index in [2.05, 4.69) is 10.7 Å². The lowest BCUT2D eigenvalue weighted by atomic mass is 10.1. The Morgan fingerprint density at radius 1 is 0.919 bits per heavy atom. The van der Waals surface area contributed by atoms with Crippen molar-refractivity contribution in [3.63, 3.8) is 0 Å². The van der Waals surface area contributed by atoms with E-state index in [1.54, 1.807) is 30.3 Å². The number of aryl methyl sites for hydroxylation is 1. The van der Waals surface area contributed by atoms with Crippen molar-refractivity contribution in [1.29, 1.82) is 0 Å². The second-order valence-corrected chi connectivity index (χ2v) is 8.50. The number of halogens is 2. The van der Waals surface area contributed by atoms with Gasteiger partial charge in [-0.1, -0.05) is 54.6 Å². The van der Waals surface area contributed by atoms with Crippen molar-refractivity contribution >= 4 is 17.4 Å². The number of nitrogens with zero attached hydrogens (tertiary/aromatic N) is 2. The highest BCUT2D eigenvalue weighted by Gasteiger charge is 2.21. The van der Waals surface area contributed by atoms with Crippen molar-refractivity contribution in [3.8, 4) is 5.75 Å². The molecule has 0 radical (unpaired) electrons. The number of fused-ring (bicyclic) bond motifs is 1. The molecule has 2 heterocycles. The summed E-state index contributed by atoms with van der Waals surface area (Å²) >= 11 is 0. The summed E-state index contributed by atoms with van der Waals surface area (Å²) in [5.41, 5.74) is 6.23. The third-order valence-electron chi connectivity index (χ3n) is 5.95. The van der Waals surface area contributed by atoms with Gasteiger partial charge in [-0.25, -0.2) is 13.8 Å². The Morgan fingerprint density at radius 3 is 2.11 bits per heavy atom. The van der Waals surface area contributed by atoms with E-state index >= 15 is 0 Å². The Hall–Kier alpha value is -4.43. The molecule has 6 nitrogen and oxygen atoms in total. The van der Waals surface area contributed by atoms with Crippen molar-refractivity contribution in [3.05, 3.63) is 129 Å². The summed E-state index contributed by atoms with van der Waals surface area (Å²) < 4.78 is 26.5. The molecule has 0 bridgehead atoms. The lowest BCUT2D eigenvalue weighted by Crippen LogP contribution is -2.47. The highest BCUT2D eigenvalue weighted by molar-refractivity contribution is 5.97. The molecule has 188 valence electrons. The lowest BCUT2D eigenvalue weighted by molar-refractivity contribution is -0.386. The summed E-state index contributed by atoms with van der Waals surface area (Å²) in [6.07, 6.45) is 2.09. The third-order valence-corrected chi connectivity index (χ3v) is 5.95. The van der Waals surface area contributed by atoms with Crippen molar-refractivity contribution in [1.82, 2.24) is 9.55 Å². The summed E-state index contributed by atoms with van der Waals surface area (Å²) in [6.45, 7) is 0.977. The Kier molecular flexibility index (Phi) is 8.00. The van der Waals surface area contributed by atoms with Crippen molar-refractivity contribution in [2.75, 3.05) is 0 Å². The van der Waals surface area contributed by atoms with E-state index in [4.69, 9.17) is 0 Å². The summed E-state index contributed by atoms with van der Waals surface area (Å²) in [6, 6.07) is 21.7. The number of carbonyl (C=O) groups is 1. The summed E-state index contributed by atoms with van der Waals surface area (Å²) in [5.74, 6) is -1.60. The number of ketones is 1. The quantitative estimate of drug-likeness (QED) is 0.409. The van der Waals surface area contributed by atoms with Crippen LogP contribution in [0.1, 0.15) is 39.4 Å². The predicted molar refractivity (Wildman–Crippen MR) is 134 cm³/mol. The van der Waals surface area contributed by atoms with Gasteiger partial charge in [-0.15, -0.1) is 0 Å². The number of rotatable bonds is 6. The monoisotopic (exact) mass is 501 g/mol. The van der Waals surface area contributed by atoms with Gasteiger partial charge in [0.15, 0.2) is 5.78 Å². The first kappa shape index (κ1) is 25.7. The van der Waals surface area contributed by atoms with Crippen molar-refractivity contribution < 1.29 is 24.4 Å². The molecular formula is C29H25F2N3O3. The molecule has 0 aliphatic carbocycles. The zero-order valence-electron chi connectivity index (χ0n) is 20.0. The van der Waals surface area contributed by atoms with Gasteiger partial charge in [0.05, 0.1) is 13.1 Å². The maximum Gasteiger partial charge on any atom is 0.246 e. The highest BCUT2D eigenvalue weighted by atomic mass is 19.1. The van der Waals surface area contributed by atoms with Crippen LogP contribution >= 0.6 is 0 Å². The summed E-state index contributed by atoms with van der Waals surface area (Å²) in [5, 5.41) is 12.4. The van der Waals surface area contributed by atoms with Gasteiger partial charge < -0.3 is 10.8 Å². The van der Waals surface area contributed by atoms with Crippen LogP contribution in [0.4, 0.5) is 8.78 Å². The van der Waals surface area contributed by atoms with E-state index < -0.39 is 17.1 Å². The molecular weight excluding hydrogens is 476 g/mol. The average molecular weight is 502 g/mol. The fourth-order valence-electron chi connectivity index (χ4n) is 3.88. The number of aromatic nitrogens is 2. The third kappa shape index (κ3) is 6.23. The van der Waals surface area contributed by atoms with E-state index in [1.807, 2.05) is 30.3 Å². The minimum absolute atomic E-state index is 0.0199. The molecule has 0 saturated heterocycles. The minimum Gasteiger partial charge on any atom is -0.867 e. The molecule has 1 aliphatic rings. The Bertz CT molecular complexity index is 1480. The maximum atomic E-state index is 13.0. The van der Waals surface area contributed by atoms with Crippen molar-refractivity contribution in [2.45, 2.75) is 25.9 Å². The van der Waals surface area contributed by atoms with Crippen LogP contribution in [0.5, 0.6) is 5.75 Å². The van der Waals surface area contributed by atoms with E-state index in [-0.39, 0.29) is 30.3 Å². The lowest BCUT2D eigenvalue weighted by Gasteiger charge is -2.14. The predicted octanol–water partition coefficient (Wildman–Crippen LogP) is 3.39. The first-order valence-electron chi connectivity index (χ1n) is 11.7. The Morgan fingerprint density at radius 2 is 1.51 bits per heavy atom. The number of hydrogen-bond donors (Lipinski definition) is 1. The molecule has 1 aliphatic heterocycles. The van der Waals surface area contributed by atoms with Crippen molar-refractivity contribution in [2.24, 2.45) is 0 Å². The molecule has 0 saturated carbocycles. The molecule has 0 unspecified atom stereocenters. The van der Waals surface area contributed by atoms with Crippen LogP contribution in [-0.4, -0.2) is 15.3 Å². The maximum absolute atomic E-state index is 13.0. The molecule has 3 aromatic carbocycles. The van der Waals surface area contributed by atoms with Crippen LogP contribution in [0.15, 0.2) is 83.7 Å². The molecule has 4 aromatic rings. The van der Waals surface area contributed by atoms with Gasteiger partial charge >= 0.3 is 0 Å².